The monoisotopic (exact) mass is 682 g/mol. The molecule has 3 fully saturated rings. The van der Waals surface area contributed by atoms with Crippen molar-refractivity contribution in [1.82, 2.24) is 15.1 Å². The van der Waals surface area contributed by atoms with Gasteiger partial charge in [-0.25, -0.2) is 9.59 Å². The number of hydrogen-bond acceptors (Lipinski definition) is 11. The number of hydrogen-bond donors (Lipinski definition) is 2. The molecule has 3 aliphatic heterocycles. The molecule has 3 heterocycles. The molecule has 13 nitrogen and oxygen atoms in total. The van der Waals surface area contributed by atoms with Crippen molar-refractivity contribution in [2.45, 2.75) is 143 Å². The number of alkyl carbamates (subject to hydrolysis) is 1. The van der Waals surface area contributed by atoms with E-state index in [0.717, 1.165) is 5.92 Å². The molecule has 13 heteroatoms. The number of nitrogens with one attached hydrogen (secondary N) is 1. The van der Waals surface area contributed by atoms with Gasteiger partial charge in [-0.05, 0) is 68.0 Å². The first kappa shape index (κ1) is 40.0. The third-order valence-electron chi connectivity index (χ3n) is 10.7. The number of ether oxygens (including phenoxy) is 5. The SMILES string of the molecule is CC[C@H]1OC(=O)[C@H](C)[C@@H](OC(=O)N(CC)CC)[C@@H](C)[C@H](O[C@@H]2O[C@H](C)C[C@H](N(C)C)[C@H]2O)[C](C)C[C@@H](C)C(=O)[C@H](C)[C@H]2NC(=O)O[C@@]21C. The Morgan fingerprint density at radius 1 is 1.04 bits per heavy atom. The number of nitrogens with zero attached hydrogens (tertiary/aromatic N) is 2. The van der Waals surface area contributed by atoms with Crippen LogP contribution >= 0.6 is 0 Å². The Labute approximate surface area is 286 Å². The second kappa shape index (κ2) is 16.5. The molecular weight excluding hydrogens is 622 g/mol. The van der Waals surface area contributed by atoms with Crippen LogP contribution in [-0.4, -0.2) is 121 Å². The summed E-state index contributed by atoms with van der Waals surface area (Å²) in [4.78, 5) is 57.6. The van der Waals surface area contributed by atoms with Crippen LogP contribution in [0.2, 0.25) is 0 Å². The predicted molar refractivity (Wildman–Crippen MR) is 178 cm³/mol. The van der Waals surface area contributed by atoms with Gasteiger partial charge < -0.3 is 43.9 Å². The van der Waals surface area contributed by atoms with E-state index in [1.54, 1.807) is 20.8 Å². The van der Waals surface area contributed by atoms with Crippen LogP contribution in [0.4, 0.5) is 9.59 Å². The number of carbonyl (C=O) groups is 4. The highest BCUT2D eigenvalue weighted by Gasteiger charge is 2.56. The highest BCUT2D eigenvalue weighted by atomic mass is 16.7. The lowest BCUT2D eigenvalue weighted by atomic mass is 9.75. The van der Waals surface area contributed by atoms with Gasteiger partial charge in [0.15, 0.2) is 11.9 Å². The van der Waals surface area contributed by atoms with E-state index >= 15 is 0 Å². The van der Waals surface area contributed by atoms with E-state index in [0.29, 0.717) is 32.4 Å². The quantitative estimate of drug-likeness (QED) is 0.297. The number of Topliss-reactive ketones (excluding diaryl/α,β-unsaturated/α-hetero) is 1. The molecule has 0 saturated carbocycles. The fraction of sp³-hybridized carbons (Fsp3) is 0.857. The Balaban J connectivity index is 2.13. The molecule has 275 valence electrons. The zero-order valence-electron chi connectivity index (χ0n) is 31.0. The van der Waals surface area contributed by atoms with E-state index in [9.17, 15) is 24.3 Å². The fourth-order valence-electron chi connectivity index (χ4n) is 7.75. The summed E-state index contributed by atoms with van der Waals surface area (Å²) in [5.41, 5.74) is -1.32. The lowest BCUT2D eigenvalue weighted by Crippen LogP contribution is -2.58. The molecule has 0 aromatic heterocycles. The van der Waals surface area contributed by atoms with Crippen LogP contribution in [0.1, 0.15) is 88.5 Å². The summed E-state index contributed by atoms with van der Waals surface area (Å²) in [5, 5.41) is 14.2. The maximum atomic E-state index is 14.0. The van der Waals surface area contributed by atoms with Gasteiger partial charge in [-0.15, -0.1) is 0 Å². The normalized spacial score (nSPS) is 40.3. The number of rotatable bonds is 7. The van der Waals surface area contributed by atoms with Crippen LogP contribution in [-0.2, 0) is 33.3 Å². The van der Waals surface area contributed by atoms with Crippen LogP contribution in [0.25, 0.3) is 0 Å². The number of amides is 2. The number of carbonyl (C=O) groups excluding carboxylic acids is 4. The van der Waals surface area contributed by atoms with Crippen molar-refractivity contribution in [3.63, 3.8) is 0 Å². The standard InChI is InChI=1S/C35H60N3O10/c1-13-25-35(10)30(36-33(42)48-35)21(7)26(39)18(4)16-19(5)28(46-32-27(40)24(37(11)12)17-20(6)44-32)22(8)29(23(9)31(41)45-25)47-34(43)38(14-2)15-3/h18,20-25,27-30,32,40H,13-17H2,1-12H3,(H,36,42)/t18-,20-,21+,22+,23-,24+,25-,27-,28-,29+,30-,32+,35-/m1/s1. The molecule has 2 N–H and O–H groups in total. The van der Waals surface area contributed by atoms with E-state index in [2.05, 4.69) is 5.32 Å². The molecule has 13 atom stereocenters. The number of cyclic esters (lactones) is 1. The van der Waals surface area contributed by atoms with Gasteiger partial charge in [0, 0.05) is 42.8 Å². The van der Waals surface area contributed by atoms with Crippen molar-refractivity contribution in [3.05, 3.63) is 5.92 Å². The second-order valence-electron chi connectivity index (χ2n) is 14.5. The van der Waals surface area contributed by atoms with Crippen molar-refractivity contribution in [2.24, 2.45) is 23.7 Å². The van der Waals surface area contributed by atoms with Gasteiger partial charge in [0.1, 0.15) is 24.1 Å². The zero-order valence-corrected chi connectivity index (χ0v) is 31.0. The second-order valence-corrected chi connectivity index (χ2v) is 14.5. The molecule has 0 bridgehead atoms. The highest BCUT2D eigenvalue weighted by molar-refractivity contribution is 5.85. The Bertz CT molecular complexity index is 1130. The summed E-state index contributed by atoms with van der Waals surface area (Å²) in [5.74, 6) is -2.76. The summed E-state index contributed by atoms with van der Waals surface area (Å²) in [6.45, 7) is 18.8. The number of fused-ring (bicyclic) bond motifs is 1. The average molecular weight is 683 g/mol. The maximum Gasteiger partial charge on any atom is 0.410 e. The minimum Gasteiger partial charge on any atom is -0.458 e. The molecule has 0 aliphatic carbocycles. The van der Waals surface area contributed by atoms with Gasteiger partial charge in [-0.1, -0.05) is 34.6 Å². The average Bonchev–Trinajstić information content (AvgIpc) is 3.34. The molecule has 0 aromatic carbocycles. The van der Waals surface area contributed by atoms with Crippen molar-refractivity contribution in [2.75, 3.05) is 27.2 Å². The smallest absolute Gasteiger partial charge is 0.410 e. The van der Waals surface area contributed by atoms with Crippen molar-refractivity contribution >= 4 is 23.9 Å². The first-order chi connectivity index (χ1) is 22.4. The van der Waals surface area contributed by atoms with Crippen LogP contribution in [0.3, 0.4) is 0 Å². The molecule has 0 unspecified atom stereocenters. The molecule has 0 aromatic rings. The van der Waals surface area contributed by atoms with E-state index in [1.165, 1.54) is 4.90 Å². The Kier molecular flexibility index (Phi) is 13.7. The van der Waals surface area contributed by atoms with Crippen LogP contribution in [0, 0.1) is 29.6 Å². The number of ketones is 1. The number of likely N-dealkylation sites (N-methyl/N-ethyl adjacent to an activating group) is 1. The molecule has 1 radical (unpaired) electrons. The Hall–Kier alpha value is -2.48. The summed E-state index contributed by atoms with van der Waals surface area (Å²) >= 11 is 0. The highest BCUT2D eigenvalue weighted by Crippen LogP contribution is 2.39. The van der Waals surface area contributed by atoms with Crippen molar-refractivity contribution in [1.29, 1.82) is 0 Å². The van der Waals surface area contributed by atoms with Crippen molar-refractivity contribution in [3.8, 4) is 0 Å². The summed E-state index contributed by atoms with van der Waals surface area (Å²) in [6.07, 6.45) is -5.01. The molecule has 3 aliphatic rings. The van der Waals surface area contributed by atoms with Crippen LogP contribution in [0.15, 0.2) is 0 Å². The van der Waals surface area contributed by atoms with Gasteiger partial charge in [0.2, 0.25) is 0 Å². The Morgan fingerprint density at radius 3 is 2.23 bits per heavy atom. The number of aliphatic hydroxyl groups excluding tert-OH is 1. The third kappa shape index (κ3) is 8.45. The molecule has 3 rings (SSSR count). The molecule has 48 heavy (non-hydrogen) atoms. The maximum absolute atomic E-state index is 14.0. The van der Waals surface area contributed by atoms with E-state index < -0.39 is 84.2 Å². The topological polar surface area (TPSA) is 153 Å². The van der Waals surface area contributed by atoms with E-state index in [-0.39, 0.29) is 17.9 Å². The zero-order chi connectivity index (χ0) is 36.2. The summed E-state index contributed by atoms with van der Waals surface area (Å²) < 4.78 is 30.8. The minimum atomic E-state index is -1.32. The van der Waals surface area contributed by atoms with Gasteiger partial charge in [-0.2, -0.15) is 0 Å². The van der Waals surface area contributed by atoms with Gasteiger partial charge in [0.25, 0.3) is 0 Å². The third-order valence-corrected chi connectivity index (χ3v) is 10.7. The first-order valence-corrected chi connectivity index (χ1v) is 17.6. The van der Waals surface area contributed by atoms with E-state index in [1.807, 2.05) is 67.5 Å². The molecule has 2 amide bonds. The van der Waals surface area contributed by atoms with Gasteiger partial charge in [0.05, 0.1) is 24.2 Å². The van der Waals surface area contributed by atoms with Gasteiger partial charge in [-0.3, -0.25) is 9.59 Å². The molecule has 0 spiro atoms. The lowest BCUT2D eigenvalue weighted by molar-refractivity contribution is -0.274. The van der Waals surface area contributed by atoms with Crippen LogP contribution in [0.5, 0.6) is 0 Å². The number of aliphatic hydroxyl groups is 1. The molecule has 3 saturated heterocycles. The summed E-state index contributed by atoms with van der Waals surface area (Å²) in [7, 11) is 3.78. The number of esters is 1. The largest absolute Gasteiger partial charge is 0.458 e. The first-order valence-electron chi connectivity index (χ1n) is 17.6. The van der Waals surface area contributed by atoms with Crippen LogP contribution < -0.4 is 5.32 Å². The fourth-order valence-corrected chi connectivity index (χ4v) is 7.75. The van der Waals surface area contributed by atoms with Crippen molar-refractivity contribution < 1.29 is 48.0 Å². The predicted octanol–water partition coefficient (Wildman–Crippen LogP) is 3.95. The lowest BCUT2D eigenvalue weighted by Gasteiger charge is -2.45. The minimum absolute atomic E-state index is 0.103. The van der Waals surface area contributed by atoms with Gasteiger partial charge >= 0.3 is 18.2 Å². The Morgan fingerprint density at radius 2 is 1.67 bits per heavy atom. The molecular formula is C35H60N3O10. The van der Waals surface area contributed by atoms with E-state index in [4.69, 9.17) is 23.7 Å². The summed E-state index contributed by atoms with van der Waals surface area (Å²) in [6, 6.07) is -0.989.